The summed E-state index contributed by atoms with van der Waals surface area (Å²) in [4.78, 5) is 26.6. The molecule has 0 aromatic carbocycles. The van der Waals surface area contributed by atoms with Gasteiger partial charge in [-0.25, -0.2) is 13.5 Å². The highest BCUT2D eigenvalue weighted by molar-refractivity contribution is 6.00. The van der Waals surface area contributed by atoms with Crippen molar-refractivity contribution in [3.05, 3.63) is 64.0 Å². The van der Waals surface area contributed by atoms with Gasteiger partial charge in [-0.05, 0) is 43.7 Å². The second kappa shape index (κ2) is 10.7. The van der Waals surface area contributed by atoms with Crippen molar-refractivity contribution >= 4 is 23.3 Å². The van der Waals surface area contributed by atoms with E-state index in [-0.39, 0.29) is 34.5 Å². The van der Waals surface area contributed by atoms with Gasteiger partial charge in [0.1, 0.15) is 17.1 Å². The molecule has 0 spiro atoms. The summed E-state index contributed by atoms with van der Waals surface area (Å²) in [6.45, 7) is 3.12. The zero-order chi connectivity index (χ0) is 30.6. The number of carbonyl (C=O) groups excluding carboxylic acids is 2. The number of pyridine rings is 2. The van der Waals surface area contributed by atoms with E-state index in [4.69, 9.17) is 5.73 Å². The van der Waals surface area contributed by atoms with E-state index in [1.54, 1.807) is 16.9 Å². The number of halogens is 2. The van der Waals surface area contributed by atoms with Gasteiger partial charge in [-0.1, -0.05) is 19.8 Å². The molecule has 12 nitrogen and oxygen atoms in total. The summed E-state index contributed by atoms with van der Waals surface area (Å²) in [5, 5.41) is 37.2. The van der Waals surface area contributed by atoms with Gasteiger partial charge in [-0.2, -0.15) is 9.83 Å². The van der Waals surface area contributed by atoms with Crippen molar-refractivity contribution in [1.82, 2.24) is 14.7 Å². The van der Waals surface area contributed by atoms with Crippen molar-refractivity contribution in [3.8, 4) is 11.3 Å². The van der Waals surface area contributed by atoms with Gasteiger partial charge in [0.25, 0.3) is 17.7 Å². The highest BCUT2D eigenvalue weighted by Gasteiger charge is 2.47. The molecule has 228 valence electrons. The van der Waals surface area contributed by atoms with Crippen molar-refractivity contribution in [3.63, 3.8) is 0 Å². The number of alkyl halides is 2. The Hall–Kier alpha value is -4.49. The maximum absolute atomic E-state index is 13.8. The molecule has 3 aromatic rings. The number of aryl methyl sites for hydroxylation is 1. The minimum Gasteiger partial charge on any atom is -0.710 e. The lowest BCUT2D eigenvalue weighted by Crippen LogP contribution is -2.58. The molecule has 2 amide bonds. The molecule has 1 aliphatic carbocycles. The molecule has 5 heterocycles. The molecule has 4 N–H and O–H groups in total. The predicted molar refractivity (Wildman–Crippen MR) is 152 cm³/mol. The van der Waals surface area contributed by atoms with Gasteiger partial charge in [0.2, 0.25) is 0 Å². The Balaban J connectivity index is 1.36. The third-order valence-electron chi connectivity index (χ3n) is 8.95. The summed E-state index contributed by atoms with van der Waals surface area (Å²) < 4.78 is 29.6. The molecule has 1 unspecified atom stereocenters. The first kappa shape index (κ1) is 28.6. The van der Waals surface area contributed by atoms with E-state index >= 15 is 0 Å². The smallest absolute Gasteiger partial charge is 0.303 e. The first-order valence-corrected chi connectivity index (χ1v) is 14.5. The number of hydrogen-bond acceptors (Lipinski definition) is 7. The van der Waals surface area contributed by atoms with Crippen molar-refractivity contribution in [2.24, 2.45) is 17.6 Å². The highest BCUT2D eigenvalue weighted by atomic mass is 19.3. The van der Waals surface area contributed by atoms with E-state index < -0.39 is 37.0 Å². The molecule has 2 atom stereocenters. The molecule has 0 bridgehead atoms. The molecule has 0 radical (unpaired) electrons. The second-order valence-electron chi connectivity index (χ2n) is 11.9. The van der Waals surface area contributed by atoms with Crippen LogP contribution in [-0.4, -0.2) is 51.7 Å². The summed E-state index contributed by atoms with van der Waals surface area (Å²) in [6, 6.07) is 4.39. The minimum absolute atomic E-state index is 0.00852. The number of anilines is 2. The number of nitrogens with zero attached hydrogens (tertiary/aromatic N) is 5. The van der Waals surface area contributed by atoms with Crippen LogP contribution in [0.5, 0.6) is 0 Å². The van der Waals surface area contributed by atoms with Gasteiger partial charge < -0.3 is 26.4 Å². The van der Waals surface area contributed by atoms with E-state index in [9.17, 15) is 28.8 Å². The standard InChI is InChI=1S/C29H34F2N8O4/c1-3-38-24(25(32)40)19(12-33-38)23(17-6-4-16(2)5-7-17)26-34-21-8-9-22(39(43)27(21)35-26)20-13-37(42)11-10-18(20)28(41)36-14-29(30,31)15-36/h8-13,16-17,23,26,34-35H,3-7,14-15H2,1-2H3,(H2,32,40)/t16?,17?,23-,26?/m0/s1. The Bertz CT molecular complexity index is 1580. The molecular formula is C29H34F2N8O4. The lowest BCUT2D eigenvalue weighted by molar-refractivity contribution is -0.606. The van der Waals surface area contributed by atoms with E-state index in [0.717, 1.165) is 43.0 Å². The van der Waals surface area contributed by atoms with Crippen LogP contribution in [-0.2, 0) is 6.54 Å². The second-order valence-corrected chi connectivity index (χ2v) is 11.9. The monoisotopic (exact) mass is 596 g/mol. The van der Waals surface area contributed by atoms with Crippen LogP contribution in [0.2, 0.25) is 0 Å². The van der Waals surface area contributed by atoms with Gasteiger partial charge in [0, 0.05) is 18.2 Å². The van der Waals surface area contributed by atoms with Crippen LogP contribution >= 0.6 is 0 Å². The molecule has 6 rings (SSSR count). The fraction of sp³-hybridized carbons (Fsp3) is 0.483. The number of likely N-dealkylation sites (tertiary alicyclic amines) is 1. The Morgan fingerprint density at radius 3 is 2.53 bits per heavy atom. The predicted octanol–water partition coefficient (Wildman–Crippen LogP) is 2.80. The van der Waals surface area contributed by atoms with Crippen LogP contribution in [0.1, 0.15) is 71.9 Å². The number of aromatic nitrogens is 4. The van der Waals surface area contributed by atoms with E-state index in [1.807, 2.05) is 6.92 Å². The summed E-state index contributed by atoms with van der Waals surface area (Å²) in [5.74, 6) is -3.54. The average Bonchev–Trinajstić information content (AvgIpc) is 3.58. The van der Waals surface area contributed by atoms with Crippen molar-refractivity contribution in [1.29, 1.82) is 0 Å². The van der Waals surface area contributed by atoms with Crippen molar-refractivity contribution in [2.45, 2.75) is 64.1 Å². The molecule has 2 aliphatic heterocycles. The van der Waals surface area contributed by atoms with Crippen LogP contribution in [0.4, 0.5) is 20.3 Å². The Kier molecular flexibility index (Phi) is 7.09. The summed E-state index contributed by atoms with van der Waals surface area (Å²) in [6.07, 6.45) is 7.29. The molecule has 43 heavy (non-hydrogen) atoms. The van der Waals surface area contributed by atoms with Crippen LogP contribution in [0.3, 0.4) is 0 Å². The number of amides is 2. The van der Waals surface area contributed by atoms with Crippen LogP contribution in [0.25, 0.3) is 11.3 Å². The number of rotatable bonds is 7. The number of hydrogen-bond donors (Lipinski definition) is 3. The molecule has 3 aliphatic rings. The fourth-order valence-electron chi connectivity index (χ4n) is 6.72. The van der Waals surface area contributed by atoms with Gasteiger partial charge in [-0.3, -0.25) is 19.6 Å². The third kappa shape index (κ3) is 5.08. The largest absolute Gasteiger partial charge is 0.710 e. The van der Waals surface area contributed by atoms with Crippen LogP contribution in [0.15, 0.2) is 36.8 Å². The lowest BCUT2D eigenvalue weighted by atomic mass is 9.72. The fourth-order valence-corrected chi connectivity index (χ4v) is 6.72. The Labute approximate surface area is 246 Å². The van der Waals surface area contributed by atoms with Crippen LogP contribution < -0.4 is 25.8 Å². The molecule has 3 aromatic heterocycles. The summed E-state index contributed by atoms with van der Waals surface area (Å²) >= 11 is 0. The quantitative estimate of drug-likeness (QED) is 0.279. The highest BCUT2D eigenvalue weighted by Crippen LogP contribution is 2.44. The van der Waals surface area contributed by atoms with Crippen molar-refractivity contribution < 1.29 is 27.8 Å². The number of fused-ring (bicyclic) bond motifs is 1. The van der Waals surface area contributed by atoms with Gasteiger partial charge >= 0.3 is 5.82 Å². The molecular weight excluding hydrogens is 562 g/mol. The number of primary amides is 1. The minimum atomic E-state index is -2.96. The number of nitrogens with one attached hydrogen (secondary N) is 2. The molecule has 1 saturated carbocycles. The Morgan fingerprint density at radius 1 is 1.16 bits per heavy atom. The number of carbonyl (C=O) groups is 2. The van der Waals surface area contributed by atoms with E-state index in [1.165, 1.54) is 12.1 Å². The van der Waals surface area contributed by atoms with E-state index in [0.29, 0.717) is 38.9 Å². The SMILES string of the molecule is CCn1ncc([C@H](C2CCC(C)CC2)C2Nc3ccc(-c4c[n+]([O-])ccc4C(=O)N4CC(F)(F)C4)[n+]([O-])c3N2)c1C(N)=O. The van der Waals surface area contributed by atoms with Gasteiger partial charge in [-0.15, -0.1) is 0 Å². The van der Waals surface area contributed by atoms with Crippen LogP contribution in [0, 0.1) is 22.3 Å². The average molecular weight is 597 g/mol. The van der Waals surface area contributed by atoms with E-state index in [2.05, 4.69) is 22.7 Å². The first-order valence-electron chi connectivity index (χ1n) is 14.5. The third-order valence-corrected chi connectivity index (χ3v) is 8.95. The first-order chi connectivity index (χ1) is 20.5. The molecule has 1 saturated heterocycles. The normalized spacial score (nSPS) is 23.1. The lowest BCUT2D eigenvalue weighted by Gasteiger charge is -2.38. The Morgan fingerprint density at radius 2 is 1.88 bits per heavy atom. The summed E-state index contributed by atoms with van der Waals surface area (Å²) in [5.41, 5.74) is 7.38. The summed E-state index contributed by atoms with van der Waals surface area (Å²) in [7, 11) is 0. The maximum Gasteiger partial charge on any atom is 0.303 e. The maximum atomic E-state index is 13.8. The molecule has 2 fully saturated rings. The number of nitrogens with two attached hydrogens (primary N) is 1. The zero-order valence-electron chi connectivity index (χ0n) is 23.9. The topological polar surface area (TPSA) is 159 Å². The molecule has 14 heteroatoms. The van der Waals surface area contributed by atoms with Crippen molar-refractivity contribution in [2.75, 3.05) is 23.7 Å². The van der Waals surface area contributed by atoms with Gasteiger partial charge in [0.05, 0.1) is 36.3 Å². The van der Waals surface area contributed by atoms with Gasteiger partial charge in [0.15, 0.2) is 18.6 Å². The zero-order valence-corrected chi connectivity index (χ0v) is 23.9.